The van der Waals surface area contributed by atoms with Crippen molar-refractivity contribution in [2.75, 3.05) is 0 Å². The Morgan fingerprint density at radius 3 is 3.00 bits per heavy atom. The summed E-state index contributed by atoms with van der Waals surface area (Å²) < 4.78 is 0. The van der Waals surface area contributed by atoms with Crippen molar-refractivity contribution >= 4 is 0 Å². The van der Waals surface area contributed by atoms with Gasteiger partial charge in [-0.2, -0.15) is 0 Å². The summed E-state index contributed by atoms with van der Waals surface area (Å²) in [5.41, 5.74) is 6.24. The predicted molar refractivity (Wildman–Crippen MR) is 56.5 cm³/mol. The molecule has 0 bridgehead atoms. The monoisotopic (exact) mass is 174 g/mol. The second kappa shape index (κ2) is 3.55. The van der Waals surface area contributed by atoms with Crippen LogP contribution in [0.2, 0.25) is 0 Å². The van der Waals surface area contributed by atoms with Gasteiger partial charge in [-0.3, -0.25) is 0 Å². The maximum Gasteiger partial charge on any atom is -0.00929 e. The molecule has 1 fully saturated rings. The number of hydrogen-bond acceptors (Lipinski definition) is 0. The lowest BCUT2D eigenvalue weighted by molar-refractivity contribution is 0.414. The fraction of sp³-hybridized carbons (Fsp3) is 0.615. The Hall–Kier alpha value is -0.740. The molecule has 0 N–H and O–H groups in total. The lowest BCUT2D eigenvalue weighted by Crippen LogP contribution is -2.06. The third-order valence-corrected chi connectivity index (χ3v) is 3.65. The van der Waals surface area contributed by atoms with E-state index >= 15 is 0 Å². The third-order valence-electron chi connectivity index (χ3n) is 3.65. The van der Waals surface area contributed by atoms with Crippen molar-refractivity contribution in [3.63, 3.8) is 0 Å². The van der Waals surface area contributed by atoms with Crippen molar-refractivity contribution in [1.29, 1.82) is 0 Å². The number of allylic oxidation sites excluding steroid dienone is 3. The van der Waals surface area contributed by atoms with Crippen LogP contribution in [0.4, 0.5) is 0 Å². The van der Waals surface area contributed by atoms with Gasteiger partial charge in [0, 0.05) is 0 Å². The molecule has 70 valence electrons. The van der Waals surface area contributed by atoms with Crippen molar-refractivity contribution < 1.29 is 0 Å². The molecule has 0 saturated heterocycles. The molecular formula is C13H18. The van der Waals surface area contributed by atoms with E-state index in [4.69, 9.17) is 0 Å². The molecule has 0 heterocycles. The zero-order valence-electron chi connectivity index (χ0n) is 8.47. The Bertz CT molecular complexity index is 276. The molecule has 0 aliphatic heterocycles. The van der Waals surface area contributed by atoms with Crippen molar-refractivity contribution in [3.8, 4) is 0 Å². The molecular weight excluding hydrogens is 156 g/mol. The van der Waals surface area contributed by atoms with Crippen molar-refractivity contribution in [1.82, 2.24) is 0 Å². The molecule has 2 aliphatic rings. The average Bonchev–Trinajstić information content (AvgIpc) is 2.45. The van der Waals surface area contributed by atoms with Gasteiger partial charge in [0.15, 0.2) is 0 Å². The summed E-state index contributed by atoms with van der Waals surface area (Å²) in [6.45, 7) is 6.07. The number of rotatable bonds is 0. The largest absolute Gasteiger partial charge is 0.129 e. The molecule has 2 rings (SSSR count). The molecule has 0 aromatic rings. The van der Waals surface area contributed by atoms with E-state index in [1.54, 1.807) is 5.57 Å². The van der Waals surface area contributed by atoms with Crippen molar-refractivity contribution in [2.24, 2.45) is 11.8 Å². The van der Waals surface area contributed by atoms with E-state index in [9.17, 15) is 0 Å². The molecule has 2 unspecified atom stereocenters. The van der Waals surface area contributed by atoms with E-state index in [1.165, 1.54) is 37.7 Å². The van der Waals surface area contributed by atoms with Crippen LogP contribution in [-0.2, 0) is 0 Å². The van der Waals surface area contributed by atoms with Gasteiger partial charge in [-0.15, -0.1) is 5.73 Å². The molecule has 1 saturated carbocycles. The second-order valence-electron chi connectivity index (χ2n) is 4.43. The molecule has 0 aromatic carbocycles. The highest BCUT2D eigenvalue weighted by atomic mass is 14.4. The fourth-order valence-corrected chi connectivity index (χ4v) is 2.76. The molecule has 0 heteroatoms. The highest BCUT2D eigenvalue weighted by Gasteiger charge is 2.31. The first-order chi connectivity index (χ1) is 6.31. The Morgan fingerprint density at radius 2 is 2.23 bits per heavy atom. The van der Waals surface area contributed by atoms with E-state index < -0.39 is 0 Å². The summed E-state index contributed by atoms with van der Waals surface area (Å²) in [7, 11) is 0. The Labute approximate surface area is 81.0 Å². The predicted octanol–water partition coefficient (Wildman–Crippen LogP) is 3.85. The Kier molecular flexibility index (Phi) is 2.42. The van der Waals surface area contributed by atoms with E-state index in [-0.39, 0.29) is 0 Å². The first kappa shape index (κ1) is 8.84. The minimum Gasteiger partial charge on any atom is -0.129 e. The average molecular weight is 174 g/mol. The van der Waals surface area contributed by atoms with E-state index in [0.717, 1.165) is 11.8 Å². The maximum atomic E-state index is 3.80. The quantitative estimate of drug-likeness (QED) is 0.386. The fourth-order valence-electron chi connectivity index (χ4n) is 2.76. The van der Waals surface area contributed by atoms with Crippen LogP contribution in [0, 0.1) is 11.8 Å². The molecule has 2 atom stereocenters. The summed E-state index contributed by atoms with van der Waals surface area (Å²) in [6.07, 6.45) is 8.98. The van der Waals surface area contributed by atoms with Gasteiger partial charge in [0.2, 0.25) is 0 Å². The van der Waals surface area contributed by atoms with Gasteiger partial charge >= 0.3 is 0 Å². The highest BCUT2D eigenvalue weighted by Crippen LogP contribution is 2.43. The summed E-state index contributed by atoms with van der Waals surface area (Å²) >= 11 is 0. The lowest BCUT2D eigenvalue weighted by atomic mass is 9.89. The van der Waals surface area contributed by atoms with Gasteiger partial charge in [0.25, 0.3) is 0 Å². The standard InChI is InChI=1S/C13H18/c1-3-11-7-8-12-6-4-10(2)5-9-13(11)12/h4,12-13H,1,5-9H2,2H3. The van der Waals surface area contributed by atoms with Crippen LogP contribution in [0.1, 0.15) is 39.0 Å². The molecule has 0 amide bonds. The zero-order chi connectivity index (χ0) is 9.26. The smallest absolute Gasteiger partial charge is 0.00929 e. The van der Waals surface area contributed by atoms with Gasteiger partial charge in [0.05, 0.1) is 0 Å². The zero-order valence-corrected chi connectivity index (χ0v) is 8.47. The second-order valence-corrected chi connectivity index (χ2v) is 4.43. The Morgan fingerprint density at radius 1 is 1.38 bits per heavy atom. The van der Waals surface area contributed by atoms with E-state index in [1.807, 2.05) is 0 Å². The lowest BCUT2D eigenvalue weighted by Gasteiger charge is -2.15. The number of hydrogen-bond donors (Lipinski definition) is 0. The molecule has 13 heavy (non-hydrogen) atoms. The van der Waals surface area contributed by atoms with Crippen LogP contribution in [0.5, 0.6) is 0 Å². The number of fused-ring (bicyclic) bond motifs is 1. The minimum atomic E-state index is 0.811. The summed E-state index contributed by atoms with van der Waals surface area (Å²) in [4.78, 5) is 0. The molecule has 0 aromatic heterocycles. The SMILES string of the molecule is C=C=C1CCC2CC=C(C)CCC12. The van der Waals surface area contributed by atoms with Crippen molar-refractivity contribution in [2.45, 2.75) is 39.0 Å². The van der Waals surface area contributed by atoms with Gasteiger partial charge in [0.1, 0.15) is 0 Å². The molecule has 0 radical (unpaired) electrons. The van der Waals surface area contributed by atoms with Crippen molar-refractivity contribution in [3.05, 3.63) is 29.5 Å². The van der Waals surface area contributed by atoms with E-state index in [2.05, 4.69) is 25.3 Å². The van der Waals surface area contributed by atoms with Gasteiger partial charge in [-0.1, -0.05) is 18.2 Å². The molecule has 2 aliphatic carbocycles. The summed E-state index contributed by atoms with van der Waals surface area (Å²) in [5.74, 6) is 1.72. The maximum absolute atomic E-state index is 3.80. The van der Waals surface area contributed by atoms with E-state index in [0.29, 0.717) is 0 Å². The van der Waals surface area contributed by atoms with Gasteiger partial charge < -0.3 is 0 Å². The van der Waals surface area contributed by atoms with Crippen LogP contribution in [0.15, 0.2) is 29.5 Å². The third kappa shape index (κ3) is 1.64. The highest BCUT2D eigenvalue weighted by molar-refractivity contribution is 5.16. The first-order valence-electron chi connectivity index (χ1n) is 5.35. The van der Waals surface area contributed by atoms with Crippen LogP contribution in [0.3, 0.4) is 0 Å². The van der Waals surface area contributed by atoms with Crippen LogP contribution >= 0.6 is 0 Å². The van der Waals surface area contributed by atoms with Gasteiger partial charge in [-0.05, 0) is 56.4 Å². The minimum absolute atomic E-state index is 0.811. The van der Waals surface area contributed by atoms with Crippen LogP contribution in [0.25, 0.3) is 0 Å². The topological polar surface area (TPSA) is 0 Å². The Balaban J connectivity index is 2.17. The first-order valence-corrected chi connectivity index (χ1v) is 5.35. The summed E-state index contributed by atoms with van der Waals surface area (Å²) in [6, 6.07) is 0. The van der Waals surface area contributed by atoms with Gasteiger partial charge in [-0.25, -0.2) is 0 Å². The van der Waals surface area contributed by atoms with Crippen LogP contribution in [-0.4, -0.2) is 0 Å². The van der Waals surface area contributed by atoms with Crippen LogP contribution < -0.4 is 0 Å². The molecule has 0 nitrogen and oxygen atoms in total. The normalized spacial score (nSPS) is 33.3. The summed E-state index contributed by atoms with van der Waals surface area (Å²) in [5, 5.41) is 0. The molecule has 0 spiro atoms.